The second-order valence-corrected chi connectivity index (χ2v) is 3.77. The quantitative estimate of drug-likeness (QED) is 0.440. The molecule has 1 saturated heterocycles. The van der Waals surface area contributed by atoms with E-state index in [2.05, 4.69) is 20.8 Å². The molecule has 1 rings (SSSR count). The van der Waals surface area contributed by atoms with Gasteiger partial charge in [-0.25, -0.2) is 0 Å². The summed E-state index contributed by atoms with van der Waals surface area (Å²) in [5.74, 6) is 0. The van der Waals surface area contributed by atoms with Crippen LogP contribution in [0.15, 0.2) is 0 Å². The minimum atomic E-state index is 0.258. The molecule has 1 nitrogen and oxygen atoms in total. The molecule has 0 saturated carbocycles. The van der Waals surface area contributed by atoms with Crippen molar-refractivity contribution in [1.29, 1.82) is 0 Å². The van der Waals surface area contributed by atoms with Gasteiger partial charge in [0.05, 0.1) is 11.7 Å². The molecule has 0 amide bonds. The Bertz CT molecular complexity index is 122. The van der Waals surface area contributed by atoms with Gasteiger partial charge in [-0.15, -0.1) is 0 Å². The maximum atomic E-state index is 5.60. The van der Waals surface area contributed by atoms with Crippen LogP contribution in [0, 0.1) is 0 Å². The van der Waals surface area contributed by atoms with Gasteiger partial charge in [-0.3, -0.25) is 0 Å². The summed E-state index contributed by atoms with van der Waals surface area (Å²) >= 11 is 0. The Morgan fingerprint density at radius 2 is 2.00 bits per heavy atom. The SMILES string of the molecule is CCCCCC1OC1(C)CC. The van der Waals surface area contributed by atoms with Crippen LogP contribution in [0.4, 0.5) is 0 Å². The van der Waals surface area contributed by atoms with E-state index in [4.69, 9.17) is 4.74 Å². The van der Waals surface area contributed by atoms with Crippen LogP contribution in [-0.2, 0) is 4.74 Å². The lowest BCUT2D eigenvalue weighted by Crippen LogP contribution is -2.07. The van der Waals surface area contributed by atoms with E-state index in [0.717, 1.165) is 0 Å². The molecule has 1 fully saturated rings. The minimum Gasteiger partial charge on any atom is -0.366 e. The molecule has 0 aliphatic carbocycles. The van der Waals surface area contributed by atoms with Gasteiger partial charge in [0.2, 0.25) is 0 Å². The molecule has 0 aromatic heterocycles. The van der Waals surface area contributed by atoms with Crippen LogP contribution in [0.2, 0.25) is 0 Å². The molecule has 0 spiro atoms. The molecule has 2 atom stereocenters. The van der Waals surface area contributed by atoms with Crippen molar-refractivity contribution in [2.75, 3.05) is 0 Å². The van der Waals surface area contributed by atoms with Crippen molar-refractivity contribution in [2.45, 2.75) is 64.6 Å². The number of ether oxygens (including phenoxy) is 1. The average molecular weight is 156 g/mol. The summed E-state index contributed by atoms with van der Waals surface area (Å²) in [7, 11) is 0. The molecule has 2 unspecified atom stereocenters. The second-order valence-electron chi connectivity index (χ2n) is 3.77. The Labute approximate surface area is 70.1 Å². The molecule has 1 heterocycles. The van der Waals surface area contributed by atoms with Crippen molar-refractivity contribution in [3.63, 3.8) is 0 Å². The van der Waals surface area contributed by atoms with Gasteiger partial charge in [-0.1, -0.05) is 33.1 Å². The van der Waals surface area contributed by atoms with Crippen LogP contribution in [0.25, 0.3) is 0 Å². The summed E-state index contributed by atoms with van der Waals surface area (Å²) in [5, 5.41) is 0. The van der Waals surface area contributed by atoms with E-state index in [9.17, 15) is 0 Å². The van der Waals surface area contributed by atoms with Crippen LogP contribution in [0.1, 0.15) is 52.9 Å². The van der Waals surface area contributed by atoms with Gasteiger partial charge < -0.3 is 4.74 Å². The topological polar surface area (TPSA) is 12.5 Å². The second kappa shape index (κ2) is 3.57. The molecule has 1 heteroatoms. The molecular weight excluding hydrogens is 136 g/mol. The minimum absolute atomic E-state index is 0.258. The van der Waals surface area contributed by atoms with Gasteiger partial charge in [-0.2, -0.15) is 0 Å². The van der Waals surface area contributed by atoms with E-state index >= 15 is 0 Å². The number of hydrogen-bond acceptors (Lipinski definition) is 1. The fourth-order valence-corrected chi connectivity index (χ4v) is 1.55. The maximum Gasteiger partial charge on any atom is 0.0917 e. The zero-order valence-electron chi connectivity index (χ0n) is 8.02. The van der Waals surface area contributed by atoms with Crippen LogP contribution in [-0.4, -0.2) is 11.7 Å². The van der Waals surface area contributed by atoms with E-state index in [0.29, 0.717) is 6.10 Å². The Kier molecular flexibility index (Phi) is 2.94. The molecule has 0 aromatic rings. The lowest BCUT2D eigenvalue weighted by atomic mass is 10.0. The van der Waals surface area contributed by atoms with Crippen molar-refractivity contribution in [2.24, 2.45) is 0 Å². The van der Waals surface area contributed by atoms with Crippen LogP contribution in [0.5, 0.6) is 0 Å². The molecule has 0 N–H and O–H groups in total. The Morgan fingerprint density at radius 1 is 1.27 bits per heavy atom. The lowest BCUT2D eigenvalue weighted by molar-refractivity contribution is 0.299. The maximum absolute atomic E-state index is 5.60. The van der Waals surface area contributed by atoms with Gasteiger partial charge >= 0.3 is 0 Å². The van der Waals surface area contributed by atoms with E-state index < -0.39 is 0 Å². The van der Waals surface area contributed by atoms with E-state index in [1.54, 1.807) is 0 Å². The summed E-state index contributed by atoms with van der Waals surface area (Å²) in [6.45, 7) is 6.68. The highest BCUT2D eigenvalue weighted by atomic mass is 16.6. The molecule has 1 aliphatic rings. The molecule has 66 valence electrons. The third-order valence-corrected chi connectivity index (χ3v) is 2.81. The average Bonchev–Trinajstić information content (AvgIpc) is 2.64. The van der Waals surface area contributed by atoms with Crippen molar-refractivity contribution in [3.05, 3.63) is 0 Å². The summed E-state index contributed by atoms with van der Waals surface area (Å²) in [6.07, 6.45) is 7.05. The zero-order valence-corrected chi connectivity index (χ0v) is 8.02. The Balaban J connectivity index is 2.04. The summed E-state index contributed by atoms with van der Waals surface area (Å²) in [5.41, 5.74) is 0.258. The van der Waals surface area contributed by atoms with Crippen LogP contribution < -0.4 is 0 Å². The predicted molar refractivity (Wildman–Crippen MR) is 47.7 cm³/mol. The highest BCUT2D eigenvalue weighted by molar-refractivity contribution is 4.97. The summed E-state index contributed by atoms with van der Waals surface area (Å²) in [4.78, 5) is 0. The van der Waals surface area contributed by atoms with Gasteiger partial charge in [-0.05, 0) is 19.8 Å². The smallest absolute Gasteiger partial charge is 0.0917 e. The molecule has 0 bridgehead atoms. The van der Waals surface area contributed by atoms with Crippen LogP contribution in [0.3, 0.4) is 0 Å². The first-order valence-corrected chi connectivity index (χ1v) is 4.90. The Morgan fingerprint density at radius 3 is 2.45 bits per heavy atom. The lowest BCUT2D eigenvalue weighted by Gasteiger charge is -1.99. The number of hydrogen-bond donors (Lipinski definition) is 0. The fraction of sp³-hybridized carbons (Fsp3) is 1.00. The standard InChI is InChI=1S/C10H20O/c1-4-6-7-8-9-10(3,5-2)11-9/h9H,4-8H2,1-3H3. The largest absolute Gasteiger partial charge is 0.366 e. The molecule has 0 radical (unpaired) electrons. The van der Waals surface area contributed by atoms with Gasteiger partial charge in [0, 0.05) is 0 Å². The number of unbranched alkanes of at least 4 members (excludes halogenated alkanes) is 2. The normalized spacial score (nSPS) is 35.7. The first-order valence-electron chi connectivity index (χ1n) is 4.90. The zero-order chi connectivity index (χ0) is 8.32. The van der Waals surface area contributed by atoms with Crippen molar-refractivity contribution < 1.29 is 4.74 Å². The van der Waals surface area contributed by atoms with Crippen LogP contribution >= 0.6 is 0 Å². The van der Waals surface area contributed by atoms with Crippen molar-refractivity contribution in [3.8, 4) is 0 Å². The van der Waals surface area contributed by atoms with E-state index in [1.165, 1.54) is 32.1 Å². The first kappa shape index (κ1) is 9.05. The Hall–Kier alpha value is -0.0400. The molecule has 11 heavy (non-hydrogen) atoms. The van der Waals surface area contributed by atoms with Crippen molar-refractivity contribution in [1.82, 2.24) is 0 Å². The highest BCUT2D eigenvalue weighted by Crippen LogP contribution is 2.41. The fourth-order valence-electron chi connectivity index (χ4n) is 1.55. The van der Waals surface area contributed by atoms with Gasteiger partial charge in [0.25, 0.3) is 0 Å². The highest BCUT2D eigenvalue weighted by Gasteiger charge is 2.49. The van der Waals surface area contributed by atoms with E-state index in [1.807, 2.05) is 0 Å². The summed E-state index contributed by atoms with van der Waals surface area (Å²) < 4.78 is 5.60. The van der Waals surface area contributed by atoms with E-state index in [-0.39, 0.29) is 5.60 Å². The third kappa shape index (κ3) is 2.19. The van der Waals surface area contributed by atoms with Crippen molar-refractivity contribution >= 4 is 0 Å². The third-order valence-electron chi connectivity index (χ3n) is 2.81. The molecule has 0 aromatic carbocycles. The molecule has 1 aliphatic heterocycles. The van der Waals surface area contributed by atoms with Gasteiger partial charge in [0.15, 0.2) is 0 Å². The molecular formula is C10H20O. The monoisotopic (exact) mass is 156 g/mol. The summed E-state index contributed by atoms with van der Waals surface area (Å²) in [6, 6.07) is 0. The van der Waals surface area contributed by atoms with Gasteiger partial charge in [0.1, 0.15) is 0 Å². The number of rotatable bonds is 5. The number of epoxide rings is 1. The first-order chi connectivity index (χ1) is 5.23. The predicted octanol–water partition coefficient (Wildman–Crippen LogP) is 3.13.